The topological polar surface area (TPSA) is 72.4 Å². The van der Waals surface area contributed by atoms with E-state index in [0.717, 1.165) is 31.5 Å². The van der Waals surface area contributed by atoms with Crippen molar-refractivity contribution in [3.8, 4) is 0 Å². The third-order valence-corrected chi connectivity index (χ3v) is 4.61. The third kappa shape index (κ3) is 3.09. The molecular weight excluding hydrogens is 304 g/mol. The van der Waals surface area contributed by atoms with Crippen LogP contribution in [0.2, 0.25) is 0 Å². The fourth-order valence-electron chi connectivity index (χ4n) is 3.05. The highest BCUT2D eigenvalue weighted by atomic mass is 32.1. The molecule has 3 rings (SSSR count). The number of nitrogens with zero attached hydrogens (tertiary/aromatic N) is 3. The highest BCUT2D eigenvalue weighted by Crippen LogP contribution is 2.31. The zero-order valence-electron chi connectivity index (χ0n) is 12.8. The first-order chi connectivity index (χ1) is 10.6. The van der Waals surface area contributed by atoms with Crippen LogP contribution in [0.25, 0.3) is 0 Å². The lowest BCUT2D eigenvalue weighted by Crippen LogP contribution is -2.48. The van der Waals surface area contributed by atoms with Gasteiger partial charge >= 0.3 is 0 Å². The van der Waals surface area contributed by atoms with E-state index in [1.165, 1.54) is 0 Å². The number of aromatic amines is 1. The number of nitrogens with one attached hydrogen (secondary N) is 1. The van der Waals surface area contributed by atoms with Crippen LogP contribution >= 0.6 is 12.2 Å². The number of amides is 1. The van der Waals surface area contributed by atoms with E-state index in [0.29, 0.717) is 31.1 Å². The SMILES string of the molecule is CCCc1n[nH]c(=S)n1CC(=O)N1CCC2(CC1)OCCO2. The van der Waals surface area contributed by atoms with Crippen molar-refractivity contribution in [2.45, 2.75) is 44.9 Å². The highest BCUT2D eigenvalue weighted by Gasteiger charge is 2.40. The summed E-state index contributed by atoms with van der Waals surface area (Å²) in [6, 6.07) is 0. The molecule has 2 fully saturated rings. The van der Waals surface area contributed by atoms with E-state index in [1.807, 2.05) is 4.90 Å². The van der Waals surface area contributed by atoms with Crippen molar-refractivity contribution < 1.29 is 14.3 Å². The van der Waals surface area contributed by atoms with Gasteiger partial charge in [-0.3, -0.25) is 14.5 Å². The van der Waals surface area contributed by atoms with E-state index >= 15 is 0 Å². The number of piperidine rings is 1. The molecule has 122 valence electrons. The van der Waals surface area contributed by atoms with E-state index in [2.05, 4.69) is 17.1 Å². The van der Waals surface area contributed by atoms with Crippen molar-refractivity contribution in [3.63, 3.8) is 0 Å². The van der Waals surface area contributed by atoms with Crippen LogP contribution in [0.4, 0.5) is 0 Å². The van der Waals surface area contributed by atoms with Crippen LogP contribution < -0.4 is 0 Å². The van der Waals surface area contributed by atoms with E-state index in [-0.39, 0.29) is 12.5 Å². The standard InChI is InChI=1S/C14H22N4O3S/c1-2-3-11-15-16-13(22)18(11)10-12(19)17-6-4-14(5-7-17)20-8-9-21-14/h2-10H2,1H3,(H,16,22). The number of carbonyl (C=O) groups is 1. The zero-order valence-corrected chi connectivity index (χ0v) is 13.7. The Morgan fingerprint density at radius 2 is 2.05 bits per heavy atom. The number of aryl methyl sites for hydroxylation is 1. The summed E-state index contributed by atoms with van der Waals surface area (Å²) in [5, 5.41) is 6.97. The smallest absolute Gasteiger partial charge is 0.242 e. The summed E-state index contributed by atoms with van der Waals surface area (Å²) in [6.45, 7) is 4.95. The lowest BCUT2D eigenvalue weighted by atomic mass is 10.0. The van der Waals surface area contributed by atoms with Crippen LogP contribution in [0, 0.1) is 4.77 Å². The normalized spacial score (nSPS) is 20.7. The van der Waals surface area contributed by atoms with E-state index in [1.54, 1.807) is 4.57 Å². The molecule has 1 spiro atoms. The molecule has 0 atom stereocenters. The summed E-state index contributed by atoms with van der Waals surface area (Å²) in [5.41, 5.74) is 0. The molecule has 1 aromatic rings. The molecule has 2 saturated heterocycles. The summed E-state index contributed by atoms with van der Waals surface area (Å²) in [6.07, 6.45) is 3.24. The Bertz CT molecular complexity index is 581. The summed E-state index contributed by atoms with van der Waals surface area (Å²) in [4.78, 5) is 14.4. The minimum atomic E-state index is -0.448. The Hall–Kier alpha value is -1.25. The molecule has 0 aliphatic carbocycles. The van der Waals surface area contributed by atoms with Crippen molar-refractivity contribution in [2.75, 3.05) is 26.3 Å². The second-order valence-electron chi connectivity index (χ2n) is 5.77. The minimum Gasteiger partial charge on any atom is -0.347 e. The molecule has 0 radical (unpaired) electrons. The maximum absolute atomic E-state index is 12.5. The lowest BCUT2D eigenvalue weighted by Gasteiger charge is -2.37. The van der Waals surface area contributed by atoms with Crippen molar-refractivity contribution in [3.05, 3.63) is 10.6 Å². The van der Waals surface area contributed by atoms with Gasteiger partial charge < -0.3 is 14.4 Å². The number of ether oxygens (including phenoxy) is 2. The first kappa shape index (κ1) is 15.6. The predicted molar refractivity (Wildman–Crippen MR) is 81.9 cm³/mol. The van der Waals surface area contributed by atoms with Crippen molar-refractivity contribution >= 4 is 18.1 Å². The maximum atomic E-state index is 12.5. The second-order valence-corrected chi connectivity index (χ2v) is 6.16. The van der Waals surface area contributed by atoms with Gasteiger partial charge in [0.1, 0.15) is 12.4 Å². The molecule has 1 aromatic heterocycles. The summed E-state index contributed by atoms with van der Waals surface area (Å²) < 4.78 is 13.7. The van der Waals surface area contributed by atoms with Crippen LogP contribution in [-0.4, -0.2) is 57.7 Å². The van der Waals surface area contributed by atoms with Crippen molar-refractivity contribution in [1.29, 1.82) is 0 Å². The van der Waals surface area contributed by atoms with E-state index < -0.39 is 5.79 Å². The molecule has 1 N–H and O–H groups in total. The molecule has 8 heteroatoms. The average Bonchev–Trinajstić information content (AvgIpc) is 3.10. The Kier molecular flexibility index (Phi) is 4.60. The van der Waals surface area contributed by atoms with Crippen LogP contribution in [0.15, 0.2) is 0 Å². The largest absolute Gasteiger partial charge is 0.347 e. The molecule has 2 aliphatic rings. The second kappa shape index (κ2) is 6.47. The van der Waals surface area contributed by atoms with Gasteiger partial charge in [-0.15, -0.1) is 0 Å². The molecule has 0 saturated carbocycles. The van der Waals surface area contributed by atoms with Crippen LogP contribution in [-0.2, 0) is 27.2 Å². The molecule has 22 heavy (non-hydrogen) atoms. The minimum absolute atomic E-state index is 0.0719. The summed E-state index contributed by atoms with van der Waals surface area (Å²) in [5.74, 6) is 0.468. The van der Waals surface area contributed by atoms with Gasteiger partial charge in [-0.05, 0) is 18.6 Å². The van der Waals surface area contributed by atoms with Gasteiger partial charge in [-0.2, -0.15) is 5.10 Å². The van der Waals surface area contributed by atoms with Gasteiger partial charge in [0.25, 0.3) is 0 Å². The van der Waals surface area contributed by atoms with Gasteiger partial charge in [-0.1, -0.05) is 6.92 Å². The number of aromatic nitrogens is 3. The Labute approximate surface area is 134 Å². The molecule has 1 amide bonds. The Morgan fingerprint density at radius 3 is 2.68 bits per heavy atom. The molecule has 0 unspecified atom stereocenters. The van der Waals surface area contributed by atoms with Crippen molar-refractivity contribution in [2.24, 2.45) is 0 Å². The molecular formula is C14H22N4O3S. The van der Waals surface area contributed by atoms with Crippen LogP contribution in [0.3, 0.4) is 0 Å². The predicted octanol–water partition coefficient (Wildman–Crippen LogP) is 1.26. The Morgan fingerprint density at radius 1 is 1.36 bits per heavy atom. The number of rotatable bonds is 4. The van der Waals surface area contributed by atoms with Crippen LogP contribution in [0.5, 0.6) is 0 Å². The van der Waals surface area contributed by atoms with Gasteiger partial charge in [0.2, 0.25) is 5.91 Å². The summed E-state index contributed by atoms with van der Waals surface area (Å²) in [7, 11) is 0. The van der Waals surface area contributed by atoms with Gasteiger partial charge in [-0.25, -0.2) is 0 Å². The molecule has 0 bridgehead atoms. The Balaban J connectivity index is 1.61. The van der Waals surface area contributed by atoms with E-state index in [4.69, 9.17) is 21.7 Å². The number of hydrogen-bond donors (Lipinski definition) is 1. The highest BCUT2D eigenvalue weighted by molar-refractivity contribution is 7.71. The monoisotopic (exact) mass is 326 g/mol. The quantitative estimate of drug-likeness (QED) is 0.843. The van der Waals surface area contributed by atoms with E-state index in [9.17, 15) is 4.79 Å². The van der Waals surface area contributed by atoms with Gasteiger partial charge in [0.05, 0.1) is 13.2 Å². The zero-order chi connectivity index (χ0) is 15.6. The van der Waals surface area contributed by atoms with Gasteiger partial charge in [0.15, 0.2) is 10.6 Å². The molecule has 7 nitrogen and oxygen atoms in total. The number of hydrogen-bond acceptors (Lipinski definition) is 5. The van der Waals surface area contributed by atoms with Crippen LogP contribution in [0.1, 0.15) is 32.0 Å². The third-order valence-electron chi connectivity index (χ3n) is 4.30. The molecule has 3 heterocycles. The number of carbonyl (C=O) groups excluding carboxylic acids is 1. The first-order valence-corrected chi connectivity index (χ1v) is 8.24. The number of H-pyrrole nitrogens is 1. The maximum Gasteiger partial charge on any atom is 0.242 e. The van der Waals surface area contributed by atoms with Crippen molar-refractivity contribution in [1.82, 2.24) is 19.7 Å². The van der Waals surface area contributed by atoms with Gasteiger partial charge in [0, 0.05) is 32.4 Å². The lowest BCUT2D eigenvalue weighted by molar-refractivity contribution is -0.187. The first-order valence-electron chi connectivity index (χ1n) is 7.83. The number of likely N-dealkylation sites (tertiary alicyclic amines) is 1. The summed E-state index contributed by atoms with van der Waals surface area (Å²) >= 11 is 5.22. The average molecular weight is 326 g/mol. The molecule has 2 aliphatic heterocycles. The fraction of sp³-hybridized carbons (Fsp3) is 0.786. The fourth-order valence-corrected chi connectivity index (χ4v) is 3.26. The molecule has 0 aromatic carbocycles.